The lowest BCUT2D eigenvalue weighted by Gasteiger charge is -2.32. The van der Waals surface area contributed by atoms with E-state index in [1.165, 1.54) is 4.68 Å². The van der Waals surface area contributed by atoms with Crippen LogP contribution >= 0.6 is 0 Å². The van der Waals surface area contributed by atoms with E-state index < -0.39 is 0 Å². The summed E-state index contributed by atoms with van der Waals surface area (Å²) < 4.78 is 3.02. The molecule has 1 saturated heterocycles. The lowest BCUT2D eigenvalue weighted by Crippen LogP contribution is -2.40. The van der Waals surface area contributed by atoms with Crippen LogP contribution in [0, 0.1) is 0 Å². The van der Waals surface area contributed by atoms with Crippen molar-refractivity contribution in [3.05, 3.63) is 88.7 Å². The molecule has 0 aliphatic carbocycles. The molecule has 2 aromatic carbocycles. The van der Waals surface area contributed by atoms with Crippen LogP contribution in [-0.4, -0.2) is 48.4 Å². The van der Waals surface area contributed by atoms with Gasteiger partial charge in [0.1, 0.15) is 11.5 Å². The molecule has 4 aromatic rings. The van der Waals surface area contributed by atoms with E-state index in [1.54, 1.807) is 17.7 Å². The van der Waals surface area contributed by atoms with E-state index >= 15 is 0 Å². The number of benzene rings is 2. The van der Waals surface area contributed by atoms with Crippen molar-refractivity contribution in [2.45, 2.75) is 18.8 Å². The SMILES string of the molecule is Cn1nc(C2CCCN(C(=O)c3cc(-c4ccccc4)n[nH]3)C2)n(-c2ccccc2)c1=O. The van der Waals surface area contributed by atoms with Crippen molar-refractivity contribution < 1.29 is 4.79 Å². The number of hydrogen-bond donors (Lipinski definition) is 1. The molecular formula is C24H24N6O2. The molecule has 8 heteroatoms. The van der Waals surface area contributed by atoms with Gasteiger partial charge in [0.2, 0.25) is 0 Å². The summed E-state index contributed by atoms with van der Waals surface area (Å²) in [5.41, 5.74) is 2.76. The van der Waals surface area contributed by atoms with Gasteiger partial charge in [0.25, 0.3) is 5.91 Å². The van der Waals surface area contributed by atoms with Gasteiger partial charge in [0, 0.05) is 31.6 Å². The van der Waals surface area contributed by atoms with Gasteiger partial charge in [-0.05, 0) is 31.0 Å². The van der Waals surface area contributed by atoms with Gasteiger partial charge in [-0.15, -0.1) is 0 Å². The van der Waals surface area contributed by atoms with Gasteiger partial charge < -0.3 is 4.90 Å². The average Bonchev–Trinajstić information content (AvgIpc) is 3.45. The van der Waals surface area contributed by atoms with Gasteiger partial charge in [0.15, 0.2) is 0 Å². The standard InChI is InChI=1S/C24H24N6O2/c1-28-24(32)30(19-12-6-3-7-13-19)22(27-28)18-11-8-14-29(16-18)23(31)21-15-20(25-26-21)17-9-4-2-5-10-17/h2-7,9-10,12-13,15,18H,8,11,14,16H2,1H3,(H,25,26). The Balaban J connectivity index is 1.40. The predicted molar refractivity (Wildman–Crippen MR) is 121 cm³/mol. The molecule has 2 aromatic heterocycles. The van der Waals surface area contributed by atoms with Gasteiger partial charge in [-0.2, -0.15) is 10.2 Å². The highest BCUT2D eigenvalue weighted by molar-refractivity contribution is 5.93. The number of aromatic nitrogens is 5. The molecule has 5 rings (SSSR count). The first kappa shape index (κ1) is 20.0. The van der Waals surface area contributed by atoms with Gasteiger partial charge >= 0.3 is 5.69 Å². The number of H-pyrrole nitrogens is 1. The molecule has 1 N–H and O–H groups in total. The summed E-state index contributed by atoms with van der Waals surface area (Å²) in [6.07, 6.45) is 1.71. The second kappa shape index (κ2) is 8.30. The van der Waals surface area contributed by atoms with Gasteiger partial charge in [-0.3, -0.25) is 9.89 Å². The average molecular weight is 428 g/mol. The topological polar surface area (TPSA) is 88.8 Å². The third-order valence-electron chi connectivity index (χ3n) is 5.92. The van der Waals surface area contributed by atoms with Crippen LogP contribution in [0.5, 0.6) is 0 Å². The van der Waals surface area contributed by atoms with Crippen LogP contribution in [0.3, 0.4) is 0 Å². The summed E-state index contributed by atoms with van der Waals surface area (Å²) in [6.45, 7) is 1.17. The number of likely N-dealkylation sites (tertiary alicyclic amines) is 1. The minimum Gasteiger partial charge on any atom is -0.337 e. The molecule has 162 valence electrons. The zero-order chi connectivity index (χ0) is 22.1. The zero-order valence-electron chi connectivity index (χ0n) is 17.8. The number of hydrogen-bond acceptors (Lipinski definition) is 4. The first-order valence-electron chi connectivity index (χ1n) is 10.7. The molecule has 1 amide bonds. The normalized spacial score (nSPS) is 16.3. The second-order valence-electron chi connectivity index (χ2n) is 8.06. The van der Waals surface area contributed by atoms with Gasteiger partial charge in [0.05, 0.1) is 11.4 Å². The van der Waals surface area contributed by atoms with Crippen LogP contribution in [0.25, 0.3) is 16.9 Å². The Morgan fingerprint density at radius 3 is 2.53 bits per heavy atom. The number of piperidine rings is 1. The third kappa shape index (κ3) is 3.64. The Kier molecular flexibility index (Phi) is 5.18. The lowest BCUT2D eigenvalue weighted by molar-refractivity contribution is 0.0698. The van der Waals surface area contributed by atoms with Crippen LogP contribution in [0.2, 0.25) is 0 Å². The monoisotopic (exact) mass is 428 g/mol. The number of para-hydroxylation sites is 1. The molecule has 8 nitrogen and oxygen atoms in total. The fourth-order valence-electron chi connectivity index (χ4n) is 4.30. The minimum absolute atomic E-state index is 0.0293. The first-order valence-corrected chi connectivity index (χ1v) is 10.7. The molecule has 1 atom stereocenters. The second-order valence-corrected chi connectivity index (χ2v) is 8.06. The molecule has 0 saturated carbocycles. The Bertz CT molecular complexity index is 1290. The van der Waals surface area contributed by atoms with Crippen molar-refractivity contribution in [3.63, 3.8) is 0 Å². The molecule has 1 aliphatic heterocycles. The van der Waals surface area contributed by atoms with E-state index in [-0.39, 0.29) is 17.5 Å². The highest BCUT2D eigenvalue weighted by atomic mass is 16.2. The van der Waals surface area contributed by atoms with Crippen LogP contribution in [0.4, 0.5) is 0 Å². The fourth-order valence-corrected chi connectivity index (χ4v) is 4.30. The molecule has 0 radical (unpaired) electrons. The van der Waals surface area contributed by atoms with Crippen molar-refractivity contribution >= 4 is 5.91 Å². The largest absolute Gasteiger partial charge is 0.350 e. The molecule has 0 spiro atoms. The number of amides is 1. The minimum atomic E-state index is -0.185. The van der Waals surface area contributed by atoms with Crippen molar-refractivity contribution in [3.8, 4) is 16.9 Å². The Morgan fingerprint density at radius 1 is 1.06 bits per heavy atom. The summed E-state index contributed by atoms with van der Waals surface area (Å²) in [5, 5.41) is 11.7. The lowest BCUT2D eigenvalue weighted by atomic mass is 9.96. The van der Waals surface area contributed by atoms with Crippen LogP contribution in [0.1, 0.15) is 35.1 Å². The quantitative estimate of drug-likeness (QED) is 0.541. The summed E-state index contributed by atoms with van der Waals surface area (Å²) in [6, 6.07) is 21.1. The molecule has 1 aliphatic rings. The summed E-state index contributed by atoms with van der Waals surface area (Å²) in [5.74, 6) is 0.572. The number of aryl methyl sites for hydroxylation is 1. The highest BCUT2D eigenvalue weighted by Gasteiger charge is 2.30. The third-order valence-corrected chi connectivity index (χ3v) is 5.92. The van der Waals surface area contributed by atoms with Crippen molar-refractivity contribution in [1.29, 1.82) is 0 Å². The van der Waals surface area contributed by atoms with E-state index in [0.717, 1.165) is 29.8 Å². The number of carbonyl (C=O) groups excluding carboxylic acids is 1. The van der Waals surface area contributed by atoms with E-state index in [0.29, 0.717) is 24.6 Å². The number of rotatable bonds is 4. The van der Waals surface area contributed by atoms with E-state index in [4.69, 9.17) is 0 Å². The van der Waals surface area contributed by atoms with Crippen molar-refractivity contribution in [2.75, 3.05) is 13.1 Å². The summed E-state index contributed by atoms with van der Waals surface area (Å²) >= 11 is 0. The van der Waals surface area contributed by atoms with Crippen LogP contribution in [-0.2, 0) is 7.05 Å². The molecule has 32 heavy (non-hydrogen) atoms. The predicted octanol–water partition coefficient (Wildman–Crippen LogP) is 2.98. The Hall–Kier alpha value is -3.94. The smallest absolute Gasteiger partial charge is 0.337 e. The molecule has 1 fully saturated rings. The van der Waals surface area contributed by atoms with E-state index in [9.17, 15) is 9.59 Å². The van der Waals surface area contributed by atoms with Gasteiger partial charge in [-0.25, -0.2) is 14.0 Å². The highest BCUT2D eigenvalue weighted by Crippen LogP contribution is 2.28. The molecule has 3 heterocycles. The Morgan fingerprint density at radius 2 is 1.78 bits per heavy atom. The van der Waals surface area contributed by atoms with Crippen LogP contribution < -0.4 is 5.69 Å². The Labute approximate surface area is 185 Å². The fraction of sp³-hybridized carbons (Fsp3) is 0.250. The van der Waals surface area contributed by atoms with Crippen LogP contribution in [0.15, 0.2) is 71.5 Å². The number of aromatic amines is 1. The van der Waals surface area contributed by atoms with E-state index in [2.05, 4.69) is 15.3 Å². The molecule has 0 bridgehead atoms. The maximum atomic E-state index is 13.2. The van der Waals surface area contributed by atoms with Gasteiger partial charge in [-0.1, -0.05) is 48.5 Å². The summed E-state index contributed by atoms with van der Waals surface area (Å²) in [4.78, 5) is 27.8. The zero-order valence-corrected chi connectivity index (χ0v) is 17.8. The maximum Gasteiger partial charge on any atom is 0.350 e. The summed E-state index contributed by atoms with van der Waals surface area (Å²) in [7, 11) is 1.66. The maximum absolute atomic E-state index is 13.2. The van der Waals surface area contributed by atoms with Crippen molar-refractivity contribution in [1.82, 2.24) is 29.4 Å². The first-order chi connectivity index (χ1) is 15.6. The number of carbonyl (C=O) groups is 1. The molecule has 1 unspecified atom stereocenters. The van der Waals surface area contributed by atoms with Crippen molar-refractivity contribution in [2.24, 2.45) is 7.05 Å². The number of nitrogens with zero attached hydrogens (tertiary/aromatic N) is 5. The molecular weight excluding hydrogens is 404 g/mol. The number of nitrogens with one attached hydrogen (secondary N) is 1. The van der Waals surface area contributed by atoms with E-state index in [1.807, 2.05) is 65.6 Å².